The second-order valence-electron chi connectivity index (χ2n) is 5.91. The summed E-state index contributed by atoms with van der Waals surface area (Å²) in [6.07, 6.45) is 2.69. The van der Waals surface area contributed by atoms with E-state index in [1.54, 1.807) is 11.8 Å². The van der Waals surface area contributed by atoms with E-state index in [9.17, 15) is 13.2 Å². The molecule has 7 heteroatoms. The van der Waals surface area contributed by atoms with Crippen LogP contribution in [0.4, 0.5) is 0 Å². The fourth-order valence-corrected chi connectivity index (χ4v) is 4.26. The summed E-state index contributed by atoms with van der Waals surface area (Å²) in [4.78, 5) is 13.4. The number of hydrogen-bond acceptors (Lipinski definition) is 4. The van der Waals surface area contributed by atoms with Gasteiger partial charge in [0, 0.05) is 30.3 Å². The van der Waals surface area contributed by atoms with E-state index < -0.39 is 10.0 Å². The Hall–Kier alpha value is -1.05. The van der Waals surface area contributed by atoms with Crippen LogP contribution >= 0.6 is 11.8 Å². The Labute approximate surface area is 142 Å². The number of benzene rings is 1. The average Bonchev–Trinajstić information content (AvgIpc) is 2.52. The first-order valence-electron chi connectivity index (χ1n) is 7.78. The van der Waals surface area contributed by atoms with Gasteiger partial charge in [0.1, 0.15) is 0 Å². The first kappa shape index (κ1) is 18.3. The lowest BCUT2D eigenvalue weighted by Gasteiger charge is -2.30. The standard InChI is InChI=1S/C16H24N2O3S2/c1-13-5-7-15(8-6-13)22-11-9-17-16(19)14-4-3-10-18(12-14)23(2,20)21/h5-8,14H,3-4,9-12H2,1-2H3,(H,17,19)/t14-/m0/s1. The van der Waals surface area contributed by atoms with Gasteiger partial charge in [-0.2, -0.15) is 0 Å². The molecular weight excluding hydrogens is 332 g/mol. The summed E-state index contributed by atoms with van der Waals surface area (Å²) < 4.78 is 24.6. The van der Waals surface area contributed by atoms with Gasteiger partial charge < -0.3 is 5.32 Å². The van der Waals surface area contributed by atoms with Crippen LogP contribution in [0.15, 0.2) is 29.2 Å². The van der Waals surface area contributed by atoms with Crippen molar-refractivity contribution in [3.05, 3.63) is 29.8 Å². The molecule has 5 nitrogen and oxygen atoms in total. The summed E-state index contributed by atoms with van der Waals surface area (Å²) in [5.41, 5.74) is 1.23. The predicted molar refractivity (Wildman–Crippen MR) is 94.1 cm³/mol. The zero-order valence-corrected chi connectivity index (χ0v) is 15.3. The zero-order chi connectivity index (χ0) is 16.9. The molecule has 0 bridgehead atoms. The van der Waals surface area contributed by atoms with E-state index in [1.165, 1.54) is 21.0 Å². The Morgan fingerprint density at radius 1 is 1.35 bits per heavy atom. The topological polar surface area (TPSA) is 66.5 Å². The largest absolute Gasteiger partial charge is 0.355 e. The third-order valence-corrected chi connectivity index (χ3v) is 6.20. The van der Waals surface area contributed by atoms with Gasteiger partial charge in [0.25, 0.3) is 0 Å². The number of rotatable bonds is 6. The van der Waals surface area contributed by atoms with Crippen molar-refractivity contribution in [2.24, 2.45) is 5.92 Å². The molecule has 1 aliphatic heterocycles. The minimum atomic E-state index is -3.21. The molecule has 1 fully saturated rings. The quantitative estimate of drug-likeness (QED) is 0.624. The van der Waals surface area contributed by atoms with Crippen LogP contribution in [0.5, 0.6) is 0 Å². The molecule has 1 N–H and O–H groups in total. The number of thioether (sulfide) groups is 1. The monoisotopic (exact) mass is 356 g/mol. The van der Waals surface area contributed by atoms with Gasteiger partial charge in [-0.05, 0) is 31.9 Å². The molecule has 0 saturated carbocycles. The zero-order valence-electron chi connectivity index (χ0n) is 13.6. The highest BCUT2D eigenvalue weighted by molar-refractivity contribution is 7.99. The number of carbonyl (C=O) groups excluding carboxylic acids is 1. The van der Waals surface area contributed by atoms with E-state index in [-0.39, 0.29) is 11.8 Å². The van der Waals surface area contributed by atoms with Crippen LogP contribution in [0.1, 0.15) is 18.4 Å². The molecule has 1 amide bonds. The summed E-state index contributed by atoms with van der Waals surface area (Å²) in [5.74, 6) is 0.530. The van der Waals surface area contributed by atoms with Crippen LogP contribution in [-0.2, 0) is 14.8 Å². The molecule has 0 spiro atoms. The maximum absolute atomic E-state index is 12.2. The second-order valence-corrected chi connectivity index (χ2v) is 9.06. The maximum atomic E-state index is 12.2. The summed E-state index contributed by atoms with van der Waals surface area (Å²) in [6, 6.07) is 8.30. The number of aryl methyl sites for hydroxylation is 1. The summed E-state index contributed by atoms with van der Waals surface area (Å²) in [6.45, 7) is 3.47. The van der Waals surface area contributed by atoms with Crippen molar-refractivity contribution in [3.63, 3.8) is 0 Å². The van der Waals surface area contributed by atoms with E-state index in [0.717, 1.165) is 18.6 Å². The van der Waals surface area contributed by atoms with Crippen molar-refractivity contribution in [1.29, 1.82) is 0 Å². The third-order valence-electron chi connectivity index (χ3n) is 3.91. The lowest BCUT2D eigenvalue weighted by atomic mass is 9.99. The Bertz CT molecular complexity index is 629. The molecule has 0 unspecified atom stereocenters. The number of hydrogen-bond donors (Lipinski definition) is 1. The van der Waals surface area contributed by atoms with Gasteiger partial charge in [-0.1, -0.05) is 17.7 Å². The molecule has 1 heterocycles. The van der Waals surface area contributed by atoms with Gasteiger partial charge in [-0.3, -0.25) is 4.79 Å². The molecule has 1 aromatic rings. The van der Waals surface area contributed by atoms with E-state index in [4.69, 9.17) is 0 Å². The van der Waals surface area contributed by atoms with Crippen LogP contribution < -0.4 is 5.32 Å². The van der Waals surface area contributed by atoms with Gasteiger partial charge in [0.05, 0.1) is 12.2 Å². The van der Waals surface area contributed by atoms with Crippen LogP contribution in [-0.4, -0.2) is 50.3 Å². The maximum Gasteiger partial charge on any atom is 0.224 e. The van der Waals surface area contributed by atoms with Crippen molar-refractivity contribution < 1.29 is 13.2 Å². The number of piperidine rings is 1. The summed E-state index contributed by atoms with van der Waals surface area (Å²) in [5, 5.41) is 2.92. The fourth-order valence-electron chi connectivity index (χ4n) is 2.58. The van der Waals surface area contributed by atoms with E-state index in [2.05, 4.69) is 36.5 Å². The Balaban J connectivity index is 1.73. The third kappa shape index (κ3) is 5.82. The van der Waals surface area contributed by atoms with Crippen LogP contribution in [0, 0.1) is 12.8 Å². The average molecular weight is 357 g/mol. The Morgan fingerprint density at radius 3 is 2.70 bits per heavy atom. The molecule has 2 rings (SSSR count). The molecule has 23 heavy (non-hydrogen) atoms. The minimum Gasteiger partial charge on any atom is -0.355 e. The molecule has 1 aromatic carbocycles. The van der Waals surface area contributed by atoms with Gasteiger partial charge in [0.2, 0.25) is 15.9 Å². The smallest absolute Gasteiger partial charge is 0.224 e. The molecule has 1 aliphatic rings. The lowest BCUT2D eigenvalue weighted by Crippen LogP contribution is -2.45. The van der Waals surface area contributed by atoms with Crippen molar-refractivity contribution in [1.82, 2.24) is 9.62 Å². The van der Waals surface area contributed by atoms with E-state index >= 15 is 0 Å². The van der Waals surface area contributed by atoms with Crippen LogP contribution in [0.2, 0.25) is 0 Å². The van der Waals surface area contributed by atoms with Crippen LogP contribution in [0.25, 0.3) is 0 Å². The van der Waals surface area contributed by atoms with Crippen LogP contribution in [0.3, 0.4) is 0 Å². The fraction of sp³-hybridized carbons (Fsp3) is 0.562. The molecule has 0 aliphatic carbocycles. The Kier molecular flexibility index (Phi) is 6.50. The van der Waals surface area contributed by atoms with Gasteiger partial charge in [0.15, 0.2) is 0 Å². The van der Waals surface area contributed by atoms with Gasteiger partial charge in [-0.25, -0.2) is 12.7 Å². The van der Waals surface area contributed by atoms with Crippen molar-refractivity contribution in [2.75, 3.05) is 31.6 Å². The molecule has 0 aromatic heterocycles. The predicted octanol–water partition coefficient (Wildman–Crippen LogP) is 1.87. The molecular formula is C16H24N2O3S2. The molecule has 0 radical (unpaired) electrons. The number of nitrogens with zero attached hydrogens (tertiary/aromatic N) is 1. The van der Waals surface area contributed by atoms with Crippen molar-refractivity contribution in [3.8, 4) is 0 Å². The molecule has 1 atom stereocenters. The number of amides is 1. The first-order valence-corrected chi connectivity index (χ1v) is 10.6. The highest BCUT2D eigenvalue weighted by Crippen LogP contribution is 2.20. The van der Waals surface area contributed by atoms with Gasteiger partial charge in [-0.15, -0.1) is 11.8 Å². The number of sulfonamides is 1. The lowest BCUT2D eigenvalue weighted by molar-refractivity contribution is -0.125. The normalized spacial score (nSPS) is 19.5. The summed E-state index contributed by atoms with van der Waals surface area (Å²) in [7, 11) is -3.21. The van der Waals surface area contributed by atoms with Crippen molar-refractivity contribution in [2.45, 2.75) is 24.7 Å². The minimum absolute atomic E-state index is 0.0390. The summed E-state index contributed by atoms with van der Waals surface area (Å²) >= 11 is 1.70. The second kappa shape index (κ2) is 8.17. The van der Waals surface area contributed by atoms with Crippen molar-refractivity contribution >= 4 is 27.7 Å². The Morgan fingerprint density at radius 2 is 2.04 bits per heavy atom. The van der Waals surface area contributed by atoms with E-state index in [1.807, 2.05) is 0 Å². The first-order chi connectivity index (χ1) is 10.9. The molecule has 1 saturated heterocycles. The number of carbonyl (C=O) groups is 1. The highest BCUT2D eigenvalue weighted by atomic mass is 32.2. The highest BCUT2D eigenvalue weighted by Gasteiger charge is 2.29. The molecule has 128 valence electrons. The van der Waals surface area contributed by atoms with E-state index in [0.29, 0.717) is 19.6 Å². The number of nitrogens with one attached hydrogen (secondary N) is 1. The van der Waals surface area contributed by atoms with Gasteiger partial charge >= 0.3 is 0 Å². The SMILES string of the molecule is Cc1ccc(SCCNC(=O)[C@H]2CCCN(S(C)(=O)=O)C2)cc1.